The van der Waals surface area contributed by atoms with E-state index in [9.17, 15) is 30.3 Å². The monoisotopic (exact) mass is 468 g/mol. The number of Topliss-reactive ketones (excluding diaryl/α,β-unsaturated/α-hetero) is 1. The predicted octanol–water partition coefficient (Wildman–Crippen LogP) is 4.81. The van der Waals surface area contributed by atoms with Crippen LogP contribution < -0.4 is 4.74 Å². The summed E-state index contributed by atoms with van der Waals surface area (Å²) in [5.74, 6) is -2.02. The van der Waals surface area contributed by atoms with Crippen LogP contribution >= 0.6 is 0 Å². The molecule has 5 N–H and O–H groups in total. The summed E-state index contributed by atoms with van der Waals surface area (Å²) >= 11 is 0. The molecule has 6 rings (SSSR count). The first kappa shape index (κ1) is 20.9. The summed E-state index contributed by atoms with van der Waals surface area (Å²) in [7, 11) is 0. The molecule has 1 aliphatic heterocycles. The van der Waals surface area contributed by atoms with Crippen molar-refractivity contribution in [2.24, 2.45) is 0 Å². The molecule has 0 amide bonds. The lowest BCUT2D eigenvalue weighted by molar-refractivity contribution is 0.0972. The molecular formula is C28H20O7. The Bertz CT molecular complexity index is 1490. The van der Waals surface area contributed by atoms with E-state index in [-0.39, 0.29) is 40.1 Å². The molecular weight excluding hydrogens is 448 g/mol. The fraction of sp³-hybridized carbons (Fsp3) is 0.107. The molecule has 0 bridgehead atoms. The van der Waals surface area contributed by atoms with E-state index in [1.54, 1.807) is 24.3 Å². The number of hydrogen-bond acceptors (Lipinski definition) is 7. The van der Waals surface area contributed by atoms with Crippen LogP contribution in [-0.4, -0.2) is 31.3 Å². The molecule has 174 valence electrons. The summed E-state index contributed by atoms with van der Waals surface area (Å²) in [6.45, 7) is 0. The highest BCUT2D eigenvalue weighted by atomic mass is 16.5. The molecule has 0 saturated heterocycles. The van der Waals surface area contributed by atoms with E-state index in [1.807, 2.05) is 0 Å². The lowest BCUT2D eigenvalue weighted by Gasteiger charge is -2.24. The van der Waals surface area contributed by atoms with Crippen molar-refractivity contribution in [3.63, 3.8) is 0 Å². The molecule has 35 heavy (non-hydrogen) atoms. The van der Waals surface area contributed by atoms with Gasteiger partial charge in [0, 0.05) is 28.8 Å². The number of rotatable bonds is 2. The van der Waals surface area contributed by atoms with Gasteiger partial charge in [0.1, 0.15) is 40.6 Å². The Balaban J connectivity index is 1.68. The number of benzene rings is 4. The van der Waals surface area contributed by atoms with Gasteiger partial charge >= 0.3 is 0 Å². The normalized spacial score (nSPS) is 20.0. The van der Waals surface area contributed by atoms with E-state index < -0.39 is 17.9 Å². The average Bonchev–Trinajstić information content (AvgIpc) is 3.15. The number of carbonyl (C=O) groups excluding carboxylic acids is 1. The number of fused-ring (bicyclic) bond motifs is 2. The second-order valence-corrected chi connectivity index (χ2v) is 8.87. The molecule has 4 aromatic rings. The Hall–Kier alpha value is -4.65. The highest BCUT2D eigenvalue weighted by Gasteiger charge is 2.47. The Labute approximate surface area is 199 Å². The minimum absolute atomic E-state index is 0.0325. The summed E-state index contributed by atoms with van der Waals surface area (Å²) in [5, 5.41) is 51.5. The second-order valence-electron chi connectivity index (χ2n) is 8.87. The van der Waals surface area contributed by atoms with Crippen molar-refractivity contribution in [1.29, 1.82) is 0 Å². The standard InChI is InChI=1S/C28H20O7/c29-15-5-1-13(2-6-15)23-24-19(9-17(31)11-21(24)33)26-25-20(27(23)34)10-18(32)12-22(25)35-28(26)14-3-7-16(30)8-4-14/h1-12,23,26,28-33H. The van der Waals surface area contributed by atoms with Gasteiger partial charge in [0.15, 0.2) is 5.78 Å². The Morgan fingerprint density at radius 3 is 1.89 bits per heavy atom. The van der Waals surface area contributed by atoms with Crippen LogP contribution in [0.1, 0.15) is 56.1 Å². The van der Waals surface area contributed by atoms with E-state index in [4.69, 9.17) is 4.74 Å². The van der Waals surface area contributed by atoms with Crippen molar-refractivity contribution < 1.29 is 35.1 Å². The van der Waals surface area contributed by atoms with Crippen LogP contribution in [0.4, 0.5) is 0 Å². The van der Waals surface area contributed by atoms with Gasteiger partial charge < -0.3 is 30.3 Å². The molecule has 0 spiro atoms. The smallest absolute Gasteiger partial charge is 0.175 e. The number of ether oxygens (including phenoxy) is 1. The first-order valence-electron chi connectivity index (χ1n) is 11.0. The summed E-state index contributed by atoms with van der Waals surface area (Å²) in [5.41, 5.74) is 2.88. The molecule has 2 aliphatic rings. The highest BCUT2D eigenvalue weighted by Crippen LogP contribution is 2.58. The average molecular weight is 468 g/mol. The van der Waals surface area contributed by atoms with Gasteiger partial charge in [-0.25, -0.2) is 0 Å². The van der Waals surface area contributed by atoms with Gasteiger partial charge in [0.05, 0.1) is 11.8 Å². The number of aromatic hydroxyl groups is 5. The van der Waals surface area contributed by atoms with Gasteiger partial charge in [-0.1, -0.05) is 24.3 Å². The molecule has 3 unspecified atom stereocenters. The second kappa shape index (κ2) is 7.43. The van der Waals surface area contributed by atoms with Crippen molar-refractivity contribution in [3.8, 4) is 34.5 Å². The minimum Gasteiger partial charge on any atom is -0.508 e. The maximum absolute atomic E-state index is 14.1. The number of hydrogen-bond donors (Lipinski definition) is 5. The number of ketones is 1. The quantitative estimate of drug-likeness (QED) is 0.286. The first-order chi connectivity index (χ1) is 16.8. The van der Waals surface area contributed by atoms with Crippen LogP contribution in [0.5, 0.6) is 34.5 Å². The molecule has 1 aliphatic carbocycles. The van der Waals surface area contributed by atoms with Gasteiger partial charge in [-0.2, -0.15) is 0 Å². The summed E-state index contributed by atoms with van der Waals surface area (Å²) in [4.78, 5) is 14.1. The minimum atomic E-state index is -0.955. The Kier molecular flexibility index (Phi) is 4.44. The van der Waals surface area contributed by atoms with Crippen molar-refractivity contribution in [2.45, 2.75) is 17.9 Å². The summed E-state index contributed by atoms with van der Waals surface area (Å²) in [6, 6.07) is 18.2. The zero-order valence-corrected chi connectivity index (χ0v) is 18.2. The number of phenolic OH excluding ortho intramolecular Hbond substituents is 5. The van der Waals surface area contributed by atoms with E-state index >= 15 is 0 Å². The lowest BCUT2D eigenvalue weighted by Crippen LogP contribution is -2.16. The van der Waals surface area contributed by atoms with E-state index in [2.05, 4.69) is 0 Å². The Morgan fingerprint density at radius 2 is 1.23 bits per heavy atom. The topological polar surface area (TPSA) is 127 Å². The molecule has 0 saturated carbocycles. The Morgan fingerprint density at radius 1 is 0.629 bits per heavy atom. The number of phenols is 5. The summed E-state index contributed by atoms with van der Waals surface area (Å²) in [6.07, 6.45) is -0.655. The molecule has 0 radical (unpaired) electrons. The van der Waals surface area contributed by atoms with E-state index in [1.165, 1.54) is 48.5 Å². The molecule has 3 atom stereocenters. The van der Waals surface area contributed by atoms with Gasteiger partial charge in [0.2, 0.25) is 0 Å². The van der Waals surface area contributed by atoms with Crippen molar-refractivity contribution >= 4 is 5.78 Å². The SMILES string of the molecule is O=C1c2cc(O)cc3c2C(c2cc(O)cc(O)c2C1c1ccc(O)cc1)C(c1ccc(O)cc1)O3. The van der Waals surface area contributed by atoms with Crippen LogP contribution in [0.25, 0.3) is 0 Å². The maximum Gasteiger partial charge on any atom is 0.175 e. The molecule has 4 aromatic carbocycles. The summed E-state index contributed by atoms with van der Waals surface area (Å²) < 4.78 is 6.25. The van der Waals surface area contributed by atoms with Gasteiger partial charge in [-0.05, 0) is 53.1 Å². The highest BCUT2D eigenvalue weighted by molar-refractivity contribution is 6.07. The van der Waals surface area contributed by atoms with E-state index in [0.29, 0.717) is 33.6 Å². The van der Waals surface area contributed by atoms with Crippen molar-refractivity contribution in [3.05, 3.63) is 106 Å². The molecule has 1 heterocycles. The van der Waals surface area contributed by atoms with Gasteiger partial charge in [-0.15, -0.1) is 0 Å². The third kappa shape index (κ3) is 3.16. The van der Waals surface area contributed by atoms with Crippen molar-refractivity contribution in [2.75, 3.05) is 0 Å². The third-order valence-electron chi connectivity index (χ3n) is 6.77. The molecule has 7 nitrogen and oxygen atoms in total. The third-order valence-corrected chi connectivity index (χ3v) is 6.77. The zero-order chi connectivity index (χ0) is 24.4. The molecule has 0 fully saturated rings. The first-order valence-corrected chi connectivity index (χ1v) is 11.0. The van der Waals surface area contributed by atoms with Gasteiger partial charge in [-0.3, -0.25) is 4.79 Å². The fourth-order valence-corrected chi connectivity index (χ4v) is 5.32. The zero-order valence-electron chi connectivity index (χ0n) is 18.2. The van der Waals surface area contributed by atoms with Crippen LogP contribution in [0.3, 0.4) is 0 Å². The largest absolute Gasteiger partial charge is 0.508 e. The molecule has 7 heteroatoms. The molecule has 0 aromatic heterocycles. The van der Waals surface area contributed by atoms with Crippen LogP contribution in [-0.2, 0) is 0 Å². The lowest BCUT2D eigenvalue weighted by atomic mass is 9.80. The van der Waals surface area contributed by atoms with Gasteiger partial charge in [0.25, 0.3) is 0 Å². The maximum atomic E-state index is 14.1. The van der Waals surface area contributed by atoms with Crippen LogP contribution in [0.2, 0.25) is 0 Å². The predicted molar refractivity (Wildman–Crippen MR) is 125 cm³/mol. The van der Waals surface area contributed by atoms with E-state index in [0.717, 1.165) is 0 Å². The fourth-order valence-electron chi connectivity index (χ4n) is 5.32. The van der Waals surface area contributed by atoms with Crippen LogP contribution in [0, 0.1) is 0 Å². The van der Waals surface area contributed by atoms with Crippen LogP contribution in [0.15, 0.2) is 72.8 Å². The number of carbonyl (C=O) groups is 1. The van der Waals surface area contributed by atoms with Crippen molar-refractivity contribution in [1.82, 2.24) is 0 Å².